The second-order valence-electron chi connectivity index (χ2n) is 8.42. The van der Waals surface area contributed by atoms with Crippen LogP contribution in [-0.4, -0.2) is 73.7 Å². The minimum atomic E-state index is -3.17. The van der Waals surface area contributed by atoms with Crippen molar-refractivity contribution in [3.05, 3.63) is 36.4 Å². The topological polar surface area (TPSA) is 110 Å². The van der Waals surface area contributed by atoms with Crippen LogP contribution in [-0.2, 0) is 16.6 Å². The number of halogens is 2. The number of hydrogen-bond acceptors (Lipinski definition) is 7. The van der Waals surface area contributed by atoms with E-state index in [0.717, 1.165) is 11.1 Å². The van der Waals surface area contributed by atoms with E-state index < -0.39 is 23.0 Å². The van der Waals surface area contributed by atoms with Gasteiger partial charge in [-0.25, -0.2) is 41.0 Å². The fourth-order valence-corrected chi connectivity index (χ4v) is 5.19. The molecule has 0 aliphatic carbocycles. The van der Waals surface area contributed by atoms with Gasteiger partial charge in [0.25, 0.3) is 6.43 Å². The van der Waals surface area contributed by atoms with Gasteiger partial charge in [0.15, 0.2) is 5.65 Å². The van der Waals surface area contributed by atoms with Gasteiger partial charge in [0.1, 0.15) is 11.3 Å². The quantitative estimate of drug-likeness (QED) is 0.442. The van der Waals surface area contributed by atoms with E-state index in [2.05, 4.69) is 25.4 Å². The molecule has 1 saturated heterocycles. The Morgan fingerprint density at radius 2 is 1.94 bits per heavy atom. The fourth-order valence-electron chi connectivity index (χ4n) is 4.32. The first-order valence-electron chi connectivity index (χ1n) is 10.9. The zero-order valence-electron chi connectivity index (χ0n) is 18.7. The number of anilines is 1. The lowest BCUT2D eigenvalue weighted by Crippen LogP contribution is -2.42. The Morgan fingerprint density at radius 1 is 1.18 bits per heavy atom. The highest BCUT2D eigenvalue weighted by atomic mass is 32.2. The van der Waals surface area contributed by atoms with Gasteiger partial charge in [0.2, 0.25) is 16.0 Å². The van der Waals surface area contributed by atoms with Gasteiger partial charge in [0.05, 0.1) is 30.2 Å². The van der Waals surface area contributed by atoms with Gasteiger partial charge in [0, 0.05) is 30.9 Å². The van der Waals surface area contributed by atoms with Gasteiger partial charge in [-0.05, 0) is 38.0 Å². The van der Waals surface area contributed by atoms with Crippen molar-refractivity contribution in [1.29, 1.82) is 0 Å². The van der Waals surface area contributed by atoms with Crippen LogP contribution < -0.4 is 5.32 Å². The number of nitrogens with zero attached hydrogens (tertiary/aromatic N) is 7. The number of aryl methyl sites for hydroxylation is 1. The van der Waals surface area contributed by atoms with Crippen molar-refractivity contribution in [2.45, 2.75) is 38.8 Å². The molecule has 1 aliphatic heterocycles. The number of pyridine rings is 1. The van der Waals surface area contributed by atoms with Crippen LogP contribution in [0.3, 0.4) is 0 Å². The molecule has 0 aromatic carbocycles. The molecule has 0 unspecified atom stereocenters. The van der Waals surface area contributed by atoms with E-state index in [1.54, 1.807) is 36.0 Å². The number of nitrogens with one attached hydrogen (secondary N) is 1. The zero-order chi connectivity index (χ0) is 24.0. The summed E-state index contributed by atoms with van der Waals surface area (Å²) in [6.45, 7) is 2.14. The highest BCUT2D eigenvalue weighted by Crippen LogP contribution is 2.27. The first-order chi connectivity index (χ1) is 16.2. The molecule has 0 radical (unpaired) electrons. The van der Waals surface area contributed by atoms with Crippen molar-refractivity contribution in [2.24, 2.45) is 0 Å². The number of alkyl halides is 2. The number of rotatable bonds is 6. The maximum Gasteiger partial charge on any atom is 0.256 e. The van der Waals surface area contributed by atoms with Crippen LogP contribution in [0.15, 0.2) is 30.6 Å². The number of sulfonamides is 1. The van der Waals surface area contributed by atoms with E-state index in [9.17, 15) is 17.2 Å². The molecule has 0 bridgehead atoms. The van der Waals surface area contributed by atoms with Crippen LogP contribution >= 0.6 is 0 Å². The van der Waals surface area contributed by atoms with E-state index >= 15 is 0 Å². The predicted molar refractivity (Wildman–Crippen MR) is 123 cm³/mol. The van der Waals surface area contributed by atoms with Gasteiger partial charge in [-0.15, -0.1) is 5.10 Å². The predicted octanol–water partition coefficient (Wildman–Crippen LogP) is 2.55. The van der Waals surface area contributed by atoms with Crippen LogP contribution in [0.4, 0.5) is 14.7 Å². The summed E-state index contributed by atoms with van der Waals surface area (Å²) in [6, 6.07) is 5.51. The number of aromatic nitrogens is 6. The lowest BCUT2D eigenvalue weighted by atomic mass is 10.1. The molecule has 4 aromatic heterocycles. The molecule has 4 aromatic rings. The first kappa shape index (κ1) is 22.6. The minimum absolute atomic E-state index is 0.0768. The number of imidazole rings is 1. The molecule has 0 amide bonds. The lowest BCUT2D eigenvalue weighted by Gasteiger charge is -2.30. The van der Waals surface area contributed by atoms with E-state index in [-0.39, 0.29) is 6.04 Å². The van der Waals surface area contributed by atoms with Crippen LogP contribution in [0.25, 0.3) is 27.9 Å². The van der Waals surface area contributed by atoms with Gasteiger partial charge < -0.3 is 9.88 Å². The third kappa shape index (κ3) is 4.32. The Hall–Kier alpha value is -3.19. The molecule has 1 aliphatic rings. The molecule has 0 spiro atoms. The summed E-state index contributed by atoms with van der Waals surface area (Å²) in [7, 11) is -3.17. The average molecular weight is 491 g/mol. The van der Waals surface area contributed by atoms with E-state index in [0.29, 0.717) is 54.6 Å². The molecule has 34 heavy (non-hydrogen) atoms. The van der Waals surface area contributed by atoms with E-state index in [1.165, 1.54) is 15.1 Å². The third-order valence-corrected chi connectivity index (χ3v) is 7.36. The molecule has 0 atom stereocenters. The largest absolute Gasteiger partial charge is 0.350 e. The zero-order valence-corrected chi connectivity index (χ0v) is 19.5. The summed E-state index contributed by atoms with van der Waals surface area (Å²) in [5.41, 5.74) is 3.09. The summed E-state index contributed by atoms with van der Waals surface area (Å²) in [6.07, 6.45) is 3.53. The van der Waals surface area contributed by atoms with Crippen molar-refractivity contribution in [2.75, 3.05) is 24.7 Å². The molecular weight excluding hydrogens is 466 g/mol. The summed E-state index contributed by atoms with van der Waals surface area (Å²) in [5, 5.41) is 7.81. The lowest BCUT2D eigenvalue weighted by molar-refractivity contribution is 0.127. The maximum atomic E-state index is 13.0. The summed E-state index contributed by atoms with van der Waals surface area (Å²) < 4.78 is 54.0. The SMILES string of the molecule is Cc1nc2ccc(-c3ccn4nc(NC5CCN(S(C)(=O)=O)CC5)ncc34)nc2n1CC(F)F. The highest BCUT2D eigenvalue weighted by Gasteiger charge is 2.25. The molecule has 5 heterocycles. The van der Waals surface area contributed by atoms with Crippen LogP contribution in [0.2, 0.25) is 0 Å². The number of piperidine rings is 1. The second-order valence-corrected chi connectivity index (χ2v) is 10.4. The van der Waals surface area contributed by atoms with Crippen molar-refractivity contribution < 1.29 is 17.2 Å². The van der Waals surface area contributed by atoms with Gasteiger partial charge in [-0.2, -0.15) is 0 Å². The summed E-state index contributed by atoms with van der Waals surface area (Å²) >= 11 is 0. The van der Waals surface area contributed by atoms with Crippen molar-refractivity contribution in [3.63, 3.8) is 0 Å². The molecule has 180 valence electrons. The van der Waals surface area contributed by atoms with Crippen molar-refractivity contribution in [1.82, 2.24) is 33.4 Å². The van der Waals surface area contributed by atoms with Gasteiger partial charge >= 0.3 is 0 Å². The highest BCUT2D eigenvalue weighted by molar-refractivity contribution is 7.88. The fraction of sp³-hybridized carbons (Fsp3) is 0.429. The Labute approximate surface area is 194 Å². The molecule has 13 heteroatoms. The number of hydrogen-bond donors (Lipinski definition) is 1. The monoisotopic (exact) mass is 490 g/mol. The minimum Gasteiger partial charge on any atom is -0.350 e. The Bertz CT molecular complexity index is 1460. The maximum absolute atomic E-state index is 13.0. The Kier molecular flexibility index (Phi) is 5.68. The smallest absolute Gasteiger partial charge is 0.256 e. The molecule has 1 fully saturated rings. The summed E-state index contributed by atoms with van der Waals surface area (Å²) in [5.74, 6) is 0.935. The third-order valence-electron chi connectivity index (χ3n) is 6.05. The average Bonchev–Trinajstić information content (AvgIpc) is 3.33. The normalized spacial score (nSPS) is 16.1. The van der Waals surface area contributed by atoms with Crippen molar-refractivity contribution >= 4 is 32.7 Å². The molecule has 10 nitrogen and oxygen atoms in total. The standard InChI is InChI=1S/C21H24F2N8O2S/c1-13-25-17-4-3-16(27-20(17)30(13)12-19(22)23)15-7-10-31-18(15)11-24-21(28-31)26-14-5-8-29(9-6-14)34(2,32)33/h3-4,7,10-11,14,19H,5-6,8-9,12H2,1-2H3,(H,26,28). The van der Waals surface area contributed by atoms with Gasteiger partial charge in [-0.1, -0.05) is 0 Å². The molecule has 5 rings (SSSR count). The first-order valence-corrected chi connectivity index (χ1v) is 12.7. The Morgan fingerprint density at radius 3 is 2.65 bits per heavy atom. The van der Waals surface area contributed by atoms with Gasteiger partial charge in [-0.3, -0.25) is 0 Å². The van der Waals surface area contributed by atoms with E-state index in [1.807, 2.05) is 6.07 Å². The summed E-state index contributed by atoms with van der Waals surface area (Å²) in [4.78, 5) is 13.4. The van der Waals surface area contributed by atoms with Crippen molar-refractivity contribution in [3.8, 4) is 11.3 Å². The van der Waals surface area contributed by atoms with Crippen LogP contribution in [0.5, 0.6) is 0 Å². The second kappa shape index (κ2) is 8.55. The molecule has 0 saturated carbocycles. The van der Waals surface area contributed by atoms with Crippen LogP contribution in [0, 0.1) is 6.92 Å². The number of fused-ring (bicyclic) bond motifs is 2. The van der Waals surface area contributed by atoms with Crippen LogP contribution in [0.1, 0.15) is 18.7 Å². The molecule has 1 N–H and O–H groups in total. The Balaban J connectivity index is 1.38. The van der Waals surface area contributed by atoms with E-state index in [4.69, 9.17) is 0 Å². The molecular formula is C21H24F2N8O2S.